The van der Waals surface area contributed by atoms with Crippen molar-refractivity contribution >= 4 is 30.0 Å². The number of carboxylic acid groups (broad SMARTS) is 1. The van der Waals surface area contributed by atoms with Gasteiger partial charge in [0.25, 0.3) is 0 Å². The van der Waals surface area contributed by atoms with Gasteiger partial charge in [0, 0.05) is 11.3 Å². The Morgan fingerprint density at radius 2 is 2.00 bits per heavy atom. The minimum atomic E-state index is -1.17. The average Bonchev–Trinajstić information content (AvgIpc) is 1.98. The zero-order valence-electron chi connectivity index (χ0n) is 6.99. The van der Waals surface area contributed by atoms with Crippen LogP contribution in [0, 0.1) is 5.41 Å². The highest BCUT2D eigenvalue weighted by Gasteiger charge is 2.56. The Balaban J connectivity index is 0.00000144. The normalized spacial score (nSPS) is 37.5. The van der Waals surface area contributed by atoms with Crippen LogP contribution >= 0.6 is 24.0 Å². The summed E-state index contributed by atoms with van der Waals surface area (Å²) < 4.78 is 0. The molecule has 0 aromatic rings. The maximum Gasteiger partial charge on any atom is 0.323 e. The van der Waals surface area contributed by atoms with Crippen molar-refractivity contribution in [2.24, 2.45) is 11.1 Å². The first-order chi connectivity index (χ1) is 5.48. The van der Waals surface area contributed by atoms with Crippen molar-refractivity contribution in [3.63, 3.8) is 0 Å². The van der Waals surface area contributed by atoms with Crippen LogP contribution in [0.15, 0.2) is 0 Å². The van der Waals surface area contributed by atoms with Gasteiger partial charge in [-0.1, -0.05) is 0 Å². The van der Waals surface area contributed by atoms with E-state index in [1.165, 1.54) is 0 Å². The third kappa shape index (κ3) is 2.07. The monoisotopic (exact) mass is 229 g/mol. The van der Waals surface area contributed by atoms with Crippen LogP contribution in [-0.4, -0.2) is 34.2 Å². The van der Waals surface area contributed by atoms with Crippen LogP contribution in [0.4, 0.5) is 0 Å². The van der Waals surface area contributed by atoms with E-state index in [2.05, 4.69) is 0 Å². The van der Waals surface area contributed by atoms with Crippen LogP contribution in [0.3, 0.4) is 0 Å². The van der Waals surface area contributed by atoms with E-state index in [9.17, 15) is 4.79 Å². The fraction of sp³-hybridized carbons (Fsp3) is 0.857. The van der Waals surface area contributed by atoms with Gasteiger partial charge in [-0.15, -0.1) is 24.0 Å². The maximum absolute atomic E-state index is 10.6. The number of hydrogen-bond donors (Lipinski definition) is 3. The quantitative estimate of drug-likeness (QED) is 0.605. The molecule has 1 aliphatic carbocycles. The summed E-state index contributed by atoms with van der Waals surface area (Å²) in [5.74, 6) is -0.757. The molecule has 0 radical (unpaired) electrons. The van der Waals surface area contributed by atoms with E-state index < -0.39 is 16.9 Å². The number of carboxylic acids is 1. The Labute approximate surface area is 87.5 Å². The highest BCUT2D eigenvalue weighted by atomic mass is 35.5. The van der Waals surface area contributed by atoms with Crippen molar-refractivity contribution in [2.45, 2.75) is 18.4 Å². The van der Waals surface area contributed by atoms with Crippen LogP contribution in [0.5, 0.6) is 0 Å². The highest BCUT2D eigenvalue weighted by Crippen LogP contribution is 2.47. The van der Waals surface area contributed by atoms with Crippen molar-refractivity contribution < 1.29 is 15.0 Å². The summed E-state index contributed by atoms with van der Waals surface area (Å²) in [6, 6.07) is 0. The first-order valence-corrected chi connectivity index (χ1v) is 4.21. The second kappa shape index (κ2) is 4.00. The van der Waals surface area contributed by atoms with E-state index in [4.69, 9.17) is 27.5 Å². The summed E-state index contributed by atoms with van der Waals surface area (Å²) in [4.78, 5) is 10.6. The molecule has 0 amide bonds. The second-order valence-corrected chi connectivity index (χ2v) is 3.87. The Hall–Kier alpha value is -0.0300. The fourth-order valence-corrected chi connectivity index (χ4v) is 1.96. The molecule has 0 atom stereocenters. The molecule has 1 aliphatic rings. The van der Waals surface area contributed by atoms with E-state index in [-0.39, 0.29) is 37.7 Å². The zero-order chi connectivity index (χ0) is 9.41. The van der Waals surface area contributed by atoms with Crippen molar-refractivity contribution in [3.8, 4) is 0 Å². The Kier molecular flexibility index (Phi) is 3.99. The summed E-state index contributed by atoms with van der Waals surface area (Å²) in [7, 11) is 0. The molecule has 4 nitrogen and oxygen atoms in total. The summed E-state index contributed by atoms with van der Waals surface area (Å²) in [5.41, 5.74) is 3.87. The lowest BCUT2D eigenvalue weighted by atomic mass is 9.59. The number of rotatable bonds is 3. The van der Waals surface area contributed by atoms with E-state index in [1.807, 2.05) is 0 Å². The molecule has 0 aromatic heterocycles. The van der Waals surface area contributed by atoms with Crippen LogP contribution in [0.2, 0.25) is 0 Å². The van der Waals surface area contributed by atoms with Crippen molar-refractivity contribution in [2.75, 3.05) is 12.5 Å². The average molecular weight is 230 g/mol. The molecule has 6 heteroatoms. The molecule has 1 saturated carbocycles. The van der Waals surface area contributed by atoms with E-state index in [1.54, 1.807) is 0 Å². The minimum absolute atomic E-state index is 0. The molecule has 1 rings (SSSR count). The molecular formula is C7H13Cl2NO3. The van der Waals surface area contributed by atoms with Crippen molar-refractivity contribution in [1.29, 1.82) is 0 Å². The smallest absolute Gasteiger partial charge is 0.323 e. The van der Waals surface area contributed by atoms with Gasteiger partial charge in [0.2, 0.25) is 0 Å². The number of aliphatic hydroxyl groups is 1. The Bertz CT molecular complexity index is 198. The molecule has 0 aromatic carbocycles. The molecule has 1 fully saturated rings. The lowest BCUT2D eigenvalue weighted by Crippen LogP contribution is -2.64. The van der Waals surface area contributed by atoms with Crippen molar-refractivity contribution in [3.05, 3.63) is 0 Å². The van der Waals surface area contributed by atoms with Crippen LogP contribution in [0.1, 0.15) is 12.8 Å². The van der Waals surface area contributed by atoms with Gasteiger partial charge in [-0.25, -0.2) is 0 Å². The molecule has 0 unspecified atom stereocenters. The maximum atomic E-state index is 10.6. The third-order valence-electron chi connectivity index (χ3n) is 2.43. The fourth-order valence-electron chi connectivity index (χ4n) is 1.69. The molecular weight excluding hydrogens is 217 g/mol. The minimum Gasteiger partial charge on any atom is -0.480 e. The Morgan fingerprint density at radius 3 is 2.23 bits per heavy atom. The standard InChI is InChI=1S/C7H12ClNO3.ClH/c8-3-6(4-10)1-7(9,2-6)5(11)12;/h10H,1-4,9H2,(H,11,12);1H. The van der Waals surface area contributed by atoms with Gasteiger partial charge in [-0.05, 0) is 12.8 Å². The lowest BCUT2D eigenvalue weighted by molar-refractivity contribution is -0.154. The topological polar surface area (TPSA) is 83.6 Å². The summed E-state index contributed by atoms with van der Waals surface area (Å²) in [6.45, 7) is -0.0945. The van der Waals surface area contributed by atoms with E-state index in [0.717, 1.165) is 0 Å². The molecule has 0 heterocycles. The van der Waals surface area contributed by atoms with Gasteiger partial charge < -0.3 is 15.9 Å². The molecule has 78 valence electrons. The van der Waals surface area contributed by atoms with Crippen LogP contribution < -0.4 is 5.73 Å². The number of halogens is 2. The van der Waals surface area contributed by atoms with Crippen LogP contribution in [-0.2, 0) is 4.79 Å². The van der Waals surface area contributed by atoms with Gasteiger partial charge in [0.1, 0.15) is 5.54 Å². The van der Waals surface area contributed by atoms with Gasteiger partial charge in [0.15, 0.2) is 0 Å². The number of nitrogens with two attached hydrogens (primary N) is 1. The van der Waals surface area contributed by atoms with Gasteiger partial charge in [0.05, 0.1) is 6.61 Å². The second-order valence-electron chi connectivity index (χ2n) is 3.61. The number of hydrogen-bond acceptors (Lipinski definition) is 3. The molecule has 4 N–H and O–H groups in total. The molecule has 0 aliphatic heterocycles. The zero-order valence-corrected chi connectivity index (χ0v) is 8.57. The predicted molar refractivity (Wildman–Crippen MR) is 51.3 cm³/mol. The third-order valence-corrected chi connectivity index (χ3v) is 2.99. The van der Waals surface area contributed by atoms with Gasteiger partial charge >= 0.3 is 5.97 Å². The summed E-state index contributed by atoms with van der Waals surface area (Å²) >= 11 is 5.58. The van der Waals surface area contributed by atoms with E-state index in [0.29, 0.717) is 0 Å². The first kappa shape index (κ1) is 13.0. The molecule has 13 heavy (non-hydrogen) atoms. The largest absolute Gasteiger partial charge is 0.480 e. The number of aliphatic carboxylic acids is 1. The summed E-state index contributed by atoms with van der Waals surface area (Å²) in [6.07, 6.45) is 0.519. The predicted octanol–water partition coefficient (Wildman–Crippen LogP) is 0.202. The molecule has 0 bridgehead atoms. The van der Waals surface area contributed by atoms with Gasteiger partial charge in [-0.3, -0.25) is 4.79 Å². The SMILES string of the molecule is Cl.NC1(C(=O)O)CC(CO)(CCl)C1. The van der Waals surface area contributed by atoms with Gasteiger partial charge in [-0.2, -0.15) is 0 Å². The summed E-state index contributed by atoms with van der Waals surface area (Å²) in [5, 5.41) is 17.6. The number of alkyl halides is 1. The molecule has 0 saturated heterocycles. The number of aliphatic hydroxyl groups excluding tert-OH is 1. The molecule has 0 spiro atoms. The van der Waals surface area contributed by atoms with Crippen LogP contribution in [0.25, 0.3) is 0 Å². The number of carbonyl (C=O) groups is 1. The highest BCUT2D eigenvalue weighted by molar-refractivity contribution is 6.18. The Morgan fingerprint density at radius 1 is 1.54 bits per heavy atom. The first-order valence-electron chi connectivity index (χ1n) is 3.67. The van der Waals surface area contributed by atoms with E-state index >= 15 is 0 Å². The van der Waals surface area contributed by atoms with Crippen molar-refractivity contribution in [1.82, 2.24) is 0 Å². The lowest BCUT2D eigenvalue weighted by Gasteiger charge is -2.50.